The predicted octanol–water partition coefficient (Wildman–Crippen LogP) is 4.44. The van der Waals surface area contributed by atoms with Crippen LogP contribution in [0.15, 0.2) is 42.5 Å². The van der Waals surface area contributed by atoms with Crippen molar-refractivity contribution in [2.24, 2.45) is 5.92 Å². The number of carbonyl (C=O) groups excluding carboxylic acids is 5. The number of hydrogen-bond donors (Lipinski definition) is 3. The number of halogens is 2. The van der Waals surface area contributed by atoms with E-state index in [1.807, 2.05) is 13.8 Å². The van der Waals surface area contributed by atoms with Crippen LogP contribution >= 0.6 is 0 Å². The highest BCUT2D eigenvalue weighted by Gasteiger charge is 2.58. The molecule has 3 N–H and O–H groups in total. The summed E-state index contributed by atoms with van der Waals surface area (Å²) in [5, 5.41) is 5.76. The molecule has 0 radical (unpaired) electrons. The van der Waals surface area contributed by atoms with Gasteiger partial charge in [-0.25, -0.2) is 8.78 Å². The van der Waals surface area contributed by atoms with Crippen LogP contribution in [0, 0.1) is 17.6 Å². The van der Waals surface area contributed by atoms with Crippen LogP contribution in [0.2, 0.25) is 0 Å². The minimum absolute atomic E-state index is 0.0249. The van der Waals surface area contributed by atoms with Crippen LogP contribution in [0.3, 0.4) is 0 Å². The highest BCUT2D eigenvalue weighted by molar-refractivity contribution is 6.38. The van der Waals surface area contributed by atoms with E-state index in [1.165, 1.54) is 22.9 Å². The topological polar surface area (TPSA) is 132 Å². The summed E-state index contributed by atoms with van der Waals surface area (Å²) in [4.78, 5) is 74.6. The summed E-state index contributed by atoms with van der Waals surface area (Å²) in [7, 11) is 1.44. The van der Waals surface area contributed by atoms with E-state index in [-0.39, 0.29) is 53.9 Å². The fourth-order valence-corrected chi connectivity index (χ4v) is 7.43. The van der Waals surface area contributed by atoms with E-state index in [1.54, 1.807) is 24.3 Å². The molecule has 10 nitrogen and oxygen atoms in total. The number of H-pyrrole nitrogens is 1. The Morgan fingerprint density at radius 3 is 2.51 bits per heavy atom. The van der Waals surface area contributed by atoms with E-state index in [9.17, 15) is 32.8 Å². The number of aromatic nitrogens is 1. The Balaban J connectivity index is 1.34. The number of amides is 4. The summed E-state index contributed by atoms with van der Waals surface area (Å²) >= 11 is 0. The minimum Gasteiger partial charge on any atom is -0.350 e. The van der Waals surface area contributed by atoms with Gasteiger partial charge in [0.15, 0.2) is 0 Å². The van der Waals surface area contributed by atoms with Crippen molar-refractivity contribution in [2.75, 3.05) is 18.9 Å². The summed E-state index contributed by atoms with van der Waals surface area (Å²) in [6, 6.07) is 7.69. The van der Waals surface area contributed by atoms with Crippen molar-refractivity contribution in [3.8, 4) is 0 Å². The Bertz CT molecular complexity index is 1770. The molecular weight excluding hydrogens is 608 g/mol. The normalized spacial score (nSPS) is 21.6. The summed E-state index contributed by atoms with van der Waals surface area (Å²) in [6.07, 6.45) is 4.60. The predicted molar refractivity (Wildman–Crippen MR) is 170 cm³/mol. The zero-order valence-corrected chi connectivity index (χ0v) is 26.7. The van der Waals surface area contributed by atoms with Crippen molar-refractivity contribution in [3.63, 3.8) is 0 Å². The number of likely N-dealkylation sites (tertiary alicyclic amines) is 1. The van der Waals surface area contributed by atoms with Crippen molar-refractivity contribution >= 4 is 46.0 Å². The number of benzene rings is 2. The van der Waals surface area contributed by atoms with Gasteiger partial charge in [-0.2, -0.15) is 0 Å². The first-order chi connectivity index (χ1) is 22.4. The van der Waals surface area contributed by atoms with Gasteiger partial charge in [0.05, 0.1) is 10.9 Å². The van der Waals surface area contributed by atoms with Crippen LogP contribution in [0.5, 0.6) is 0 Å². The number of nitrogens with one attached hydrogen (secondary N) is 3. The summed E-state index contributed by atoms with van der Waals surface area (Å²) in [5.74, 6) is -4.90. The zero-order chi connectivity index (χ0) is 33.6. The molecule has 2 aliphatic heterocycles. The Kier molecular flexibility index (Phi) is 8.62. The lowest BCUT2D eigenvalue weighted by atomic mass is 9.79. The minimum atomic E-state index is -1.26. The van der Waals surface area contributed by atoms with E-state index in [4.69, 9.17) is 0 Å². The molecule has 3 atom stereocenters. The SMILES string of the molecule is CC(C)CC(C(=O)N1C[C@]2(C[C@H]1C(=O)C(=O)NC1CCCCC1)C(=O)Nc1ccccc12)N(C)C(=O)c1cc2c(F)cc(F)cc2[nH]1. The monoisotopic (exact) mass is 647 g/mol. The number of fused-ring (bicyclic) bond motifs is 3. The van der Waals surface area contributed by atoms with Crippen LogP contribution in [0.25, 0.3) is 10.9 Å². The van der Waals surface area contributed by atoms with Gasteiger partial charge in [0.25, 0.3) is 11.8 Å². The zero-order valence-electron chi connectivity index (χ0n) is 26.7. The second-order valence-electron chi connectivity index (χ2n) is 13.5. The molecule has 47 heavy (non-hydrogen) atoms. The Labute approximate surface area is 271 Å². The number of para-hydroxylation sites is 1. The molecule has 4 amide bonds. The average Bonchev–Trinajstić information content (AvgIpc) is 3.73. The summed E-state index contributed by atoms with van der Waals surface area (Å²) < 4.78 is 28.3. The quantitative estimate of drug-likeness (QED) is 0.311. The maximum Gasteiger partial charge on any atom is 0.289 e. The number of carbonyl (C=O) groups is 5. The number of aromatic amines is 1. The maximum absolute atomic E-state index is 14.6. The lowest BCUT2D eigenvalue weighted by molar-refractivity contribution is -0.146. The average molecular weight is 648 g/mol. The second kappa shape index (κ2) is 12.5. The molecule has 1 spiro atoms. The van der Waals surface area contributed by atoms with Crippen molar-refractivity contribution in [1.29, 1.82) is 0 Å². The summed E-state index contributed by atoms with van der Waals surface area (Å²) in [6.45, 7) is 3.60. The lowest BCUT2D eigenvalue weighted by Crippen LogP contribution is -2.55. The van der Waals surface area contributed by atoms with Gasteiger partial charge >= 0.3 is 0 Å². The molecule has 3 heterocycles. The molecule has 248 valence electrons. The molecule has 2 aromatic carbocycles. The van der Waals surface area contributed by atoms with Crippen LogP contribution < -0.4 is 10.6 Å². The first-order valence-corrected chi connectivity index (χ1v) is 16.2. The fraction of sp³-hybridized carbons (Fsp3) is 0.457. The largest absolute Gasteiger partial charge is 0.350 e. The molecule has 3 aromatic rings. The molecule has 1 aliphatic carbocycles. The van der Waals surface area contributed by atoms with Gasteiger partial charge in [-0.3, -0.25) is 24.0 Å². The molecule has 1 saturated carbocycles. The standard InChI is InChI=1S/C35H39F2N5O5/c1-19(2)13-28(41(3)32(45)27-16-22-24(37)14-20(36)15-26(22)39-27)33(46)42-18-35(23-11-7-8-12-25(23)40-34(35)47)17-29(42)30(43)31(44)38-21-9-5-4-6-10-21/h7-8,11-12,14-16,19,21,28-29,39H,4-6,9-10,13,17-18H2,1-3H3,(H,38,44)(H,40,47)/t28?,29-,35-/m0/s1. The van der Waals surface area contributed by atoms with Gasteiger partial charge in [0.1, 0.15) is 29.4 Å². The van der Waals surface area contributed by atoms with Crippen LogP contribution in [-0.4, -0.2) is 75.9 Å². The first-order valence-electron chi connectivity index (χ1n) is 16.2. The summed E-state index contributed by atoms with van der Waals surface area (Å²) in [5.41, 5.74) is 0.00530. The van der Waals surface area contributed by atoms with Crippen LogP contribution in [0.1, 0.15) is 74.8 Å². The molecule has 6 rings (SSSR count). The van der Waals surface area contributed by atoms with Gasteiger partial charge in [0, 0.05) is 36.8 Å². The number of likely N-dealkylation sites (N-methyl/N-ethyl adjacent to an activating group) is 1. The van der Waals surface area contributed by atoms with E-state index >= 15 is 0 Å². The van der Waals surface area contributed by atoms with Crippen LogP contribution in [0.4, 0.5) is 14.5 Å². The number of nitrogens with zero attached hydrogens (tertiary/aromatic N) is 2. The number of ketones is 1. The van der Waals surface area contributed by atoms with Crippen molar-refractivity contribution in [3.05, 3.63) is 65.4 Å². The molecular formula is C35H39F2N5O5. The van der Waals surface area contributed by atoms with E-state index in [0.29, 0.717) is 11.3 Å². The van der Waals surface area contributed by atoms with Crippen molar-refractivity contribution in [1.82, 2.24) is 20.1 Å². The highest BCUT2D eigenvalue weighted by atomic mass is 19.1. The first kappa shape index (κ1) is 32.3. The molecule has 3 aliphatic rings. The van der Waals surface area contributed by atoms with Gasteiger partial charge in [-0.15, -0.1) is 0 Å². The third-order valence-electron chi connectivity index (χ3n) is 9.88. The van der Waals surface area contributed by atoms with Crippen molar-refractivity contribution < 1.29 is 32.8 Å². The number of Topliss-reactive ketones (excluding diaryl/α,β-unsaturated/α-hetero) is 1. The van der Waals surface area contributed by atoms with Gasteiger partial charge in [-0.05, 0) is 55.4 Å². The third kappa shape index (κ3) is 5.89. The smallest absolute Gasteiger partial charge is 0.289 e. The molecule has 1 aromatic heterocycles. The van der Waals surface area contributed by atoms with Gasteiger partial charge in [-0.1, -0.05) is 51.3 Å². The molecule has 2 fully saturated rings. The number of rotatable bonds is 8. The maximum atomic E-state index is 14.6. The van der Waals surface area contributed by atoms with E-state index in [2.05, 4.69) is 15.6 Å². The fourth-order valence-electron chi connectivity index (χ4n) is 7.43. The van der Waals surface area contributed by atoms with Gasteiger partial charge in [0.2, 0.25) is 17.6 Å². The van der Waals surface area contributed by atoms with Crippen LogP contribution in [-0.2, 0) is 24.6 Å². The van der Waals surface area contributed by atoms with Gasteiger partial charge < -0.3 is 25.4 Å². The lowest BCUT2D eigenvalue weighted by Gasteiger charge is -2.34. The Morgan fingerprint density at radius 2 is 1.79 bits per heavy atom. The second-order valence-corrected chi connectivity index (χ2v) is 13.5. The molecule has 0 bridgehead atoms. The highest BCUT2D eigenvalue weighted by Crippen LogP contribution is 2.47. The Morgan fingerprint density at radius 1 is 1.06 bits per heavy atom. The molecule has 1 unspecified atom stereocenters. The Hall–Kier alpha value is -4.61. The number of hydrogen-bond acceptors (Lipinski definition) is 5. The van der Waals surface area contributed by atoms with Crippen molar-refractivity contribution in [2.45, 2.75) is 82.3 Å². The number of anilines is 1. The molecule has 1 saturated heterocycles. The van der Waals surface area contributed by atoms with E-state index in [0.717, 1.165) is 44.2 Å². The van der Waals surface area contributed by atoms with E-state index < -0.39 is 52.6 Å². The molecule has 12 heteroatoms. The third-order valence-corrected chi connectivity index (χ3v) is 9.88.